The minimum absolute atomic E-state index is 0.275. The summed E-state index contributed by atoms with van der Waals surface area (Å²) in [6.07, 6.45) is -0.457. The number of hydrogen-bond donors (Lipinski definition) is 4. The van der Waals surface area contributed by atoms with Gasteiger partial charge in [-0.05, 0) is 6.92 Å². The molecule has 0 aliphatic rings. The minimum Gasteiger partial charge on any atom is -0.480 e. The first-order valence-electron chi connectivity index (χ1n) is 4.94. The molecule has 0 fully saturated rings. The Morgan fingerprint density at radius 1 is 1.35 bits per heavy atom. The number of carbonyl (C=O) groups excluding carboxylic acids is 2. The molecule has 0 aromatic heterocycles. The fourth-order valence-corrected chi connectivity index (χ4v) is 1.12. The molecule has 5 N–H and O–H groups in total. The van der Waals surface area contributed by atoms with Crippen molar-refractivity contribution in [1.29, 1.82) is 0 Å². The second-order valence-electron chi connectivity index (χ2n) is 3.54. The highest BCUT2D eigenvalue weighted by Crippen LogP contribution is 1.92. The van der Waals surface area contributed by atoms with E-state index in [9.17, 15) is 14.4 Å². The molecule has 0 radical (unpaired) electrons. The summed E-state index contributed by atoms with van der Waals surface area (Å²) in [6, 6.07) is -2.30. The minimum atomic E-state index is -1.33. The van der Waals surface area contributed by atoms with Crippen LogP contribution in [0.15, 0.2) is 0 Å². The van der Waals surface area contributed by atoms with Crippen molar-refractivity contribution in [3.05, 3.63) is 0 Å². The molecule has 0 aromatic carbocycles. The second kappa shape index (κ2) is 7.44. The third kappa shape index (κ3) is 7.12. The molecule has 8 heteroatoms. The molecule has 3 amide bonds. The Balaban J connectivity index is 4.21. The lowest BCUT2D eigenvalue weighted by Crippen LogP contribution is -2.50. The average molecular weight is 247 g/mol. The summed E-state index contributed by atoms with van der Waals surface area (Å²) in [6.45, 7) is 1.98. The van der Waals surface area contributed by atoms with E-state index in [-0.39, 0.29) is 6.04 Å². The summed E-state index contributed by atoms with van der Waals surface area (Å²) in [5.74, 6) is -2.12. The number of amides is 3. The standard InChI is InChI=1S/C9H17N3O5/c1-5(4-17-2)11-9(16)12-6(8(14)15)3-7(10)13/h5-6H,3-4H2,1-2H3,(H2,10,13)(H,14,15)(H2,11,12,16)/t5?,6-/m0/s1. The SMILES string of the molecule is COCC(C)NC(=O)N[C@@H](CC(N)=O)C(=O)O. The van der Waals surface area contributed by atoms with Gasteiger partial charge in [-0.25, -0.2) is 9.59 Å². The van der Waals surface area contributed by atoms with Crippen molar-refractivity contribution in [2.75, 3.05) is 13.7 Å². The van der Waals surface area contributed by atoms with Crippen molar-refractivity contribution in [1.82, 2.24) is 10.6 Å². The van der Waals surface area contributed by atoms with Gasteiger partial charge in [0.1, 0.15) is 6.04 Å². The molecule has 17 heavy (non-hydrogen) atoms. The van der Waals surface area contributed by atoms with Crippen LogP contribution in [0.2, 0.25) is 0 Å². The molecule has 0 saturated carbocycles. The summed E-state index contributed by atoms with van der Waals surface area (Å²) in [4.78, 5) is 32.6. The quantitative estimate of drug-likeness (QED) is 0.441. The summed E-state index contributed by atoms with van der Waals surface area (Å²) in [7, 11) is 1.48. The van der Waals surface area contributed by atoms with Crippen LogP contribution in [-0.4, -0.2) is 48.8 Å². The van der Waals surface area contributed by atoms with Gasteiger partial charge in [-0.15, -0.1) is 0 Å². The van der Waals surface area contributed by atoms with Crippen molar-refractivity contribution >= 4 is 17.9 Å². The third-order valence-electron chi connectivity index (χ3n) is 1.80. The fourth-order valence-electron chi connectivity index (χ4n) is 1.12. The van der Waals surface area contributed by atoms with Crippen LogP contribution in [0.1, 0.15) is 13.3 Å². The maximum Gasteiger partial charge on any atom is 0.326 e. The lowest BCUT2D eigenvalue weighted by Gasteiger charge is -2.17. The molecule has 98 valence electrons. The molecular weight excluding hydrogens is 230 g/mol. The normalized spacial score (nSPS) is 13.5. The first-order chi connectivity index (χ1) is 7.86. The van der Waals surface area contributed by atoms with Gasteiger partial charge < -0.3 is 26.2 Å². The summed E-state index contributed by atoms with van der Waals surface area (Å²) < 4.78 is 4.79. The first kappa shape index (κ1) is 15.2. The fraction of sp³-hybridized carbons (Fsp3) is 0.667. The van der Waals surface area contributed by atoms with Crippen LogP contribution in [0.5, 0.6) is 0 Å². The van der Waals surface area contributed by atoms with Crippen LogP contribution in [0.25, 0.3) is 0 Å². The highest BCUT2D eigenvalue weighted by molar-refractivity contribution is 5.87. The second-order valence-corrected chi connectivity index (χ2v) is 3.54. The number of carbonyl (C=O) groups is 3. The Morgan fingerprint density at radius 2 is 1.94 bits per heavy atom. The van der Waals surface area contributed by atoms with Crippen molar-refractivity contribution < 1.29 is 24.2 Å². The van der Waals surface area contributed by atoms with Gasteiger partial charge >= 0.3 is 12.0 Å². The smallest absolute Gasteiger partial charge is 0.326 e. The largest absolute Gasteiger partial charge is 0.480 e. The molecule has 0 spiro atoms. The van der Waals surface area contributed by atoms with Crippen molar-refractivity contribution in [3.8, 4) is 0 Å². The monoisotopic (exact) mass is 247 g/mol. The van der Waals surface area contributed by atoms with E-state index in [0.29, 0.717) is 6.61 Å². The molecule has 8 nitrogen and oxygen atoms in total. The van der Waals surface area contributed by atoms with E-state index >= 15 is 0 Å². The van der Waals surface area contributed by atoms with E-state index in [0.717, 1.165) is 0 Å². The van der Waals surface area contributed by atoms with Crippen LogP contribution in [-0.2, 0) is 14.3 Å². The predicted molar refractivity (Wildman–Crippen MR) is 58.2 cm³/mol. The lowest BCUT2D eigenvalue weighted by molar-refractivity contribution is -0.140. The Kier molecular flexibility index (Phi) is 6.64. The Bertz CT molecular complexity index is 294. The number of ether oxygens (including phenoxy) is 1. The van der Waals surface area contributed by atoms with Crippen molar-refractivity contribution in [2.45, 2.75) is 25.4 Å². The first-order valence-corrected chi connectivity index (χ1v) is 4.94. The molecule has 0 rings (SSSR count). The highest BCUT2D eigenvalue weighted by Gasteiger charge is 2.22. The van der Waals surface area contributed by atoms with Gasteiger partial charge in [0.25, 0.3) is 0 Å². The average Bonchev–Trinajstić information content (AvgIpc) is 2.15. The molecule has 0 aliphatic heterocycles. The van der Waals surface area contributed by atoms with E-state index in [1.807, 2.05) is 0 Å². The number of urea groups is 1. The number of hydrogen-bond acceptors (Lipinski definition) is 4. The zero-order valence-corrected chi connectivity index (χ0v) is 9.73. The lowest BCUT2D eigenvalue weighted by atomic mass is 10.2. The molecule has 0 saturated heterocycles. The Morgan fingerprint density at radius 3 is 2.35 bits per heavy atom. The van der Waals surface area contributed by atoms with Gasteiger partial charge in [0, 0.05) is 7.11 Å². The summed E-state index contributed by atoms with van der Waals surface area (Å²) in [5, 5.41) is 13.3. The molecule has 0 aromatic rings. The van der Waals surface area contributed by atoms with E-state index in [1.54, 1.807) is 6.92 Å². The van der Waals surface area contributed by atoms with Crippen molar-refractivity contribution in [3.63, 3.8) is 0 Å². The number of rotatable bonds is 7. The van der Waals surface area contributed by atoms with Gasteiger partial charge in [-0.3, -0.25) is 4.79 Å². The number of nitrogens with one attached hydrogen (secondary N) is 2. The highest BCUT2D eigenvalue weighted by atomic mass is 16.5. The van der Waals surface area contributed by atoms with Crippen LogP contribution in [0.3, 0.4) is 0 Å². The number of aliphatic carboxylic acids is 1. The van der Waals surface area contributed by atoms with Crippen LogP contribution >= 0.6 is 0 Å². The molecular formula is C9H17N3O5. The van der Waals surface area contributed by atoms with Gasteiger partial charge in [0.15, 0.2) is 0 Å². The third-order valence-corrected chi connectivity index (χ3v) is 1.80. The zero-order chi connectivity index (χ0) is 13.4. The molecule has 0 aliphatic carbocycles. The van der Waals surface area contributed by atoms with E-state index in [1.165, 1.54) is 7.11 Å². The number of methoxy groups -OCH3 is 1. The number of primary amides is 1. The van der Waals surface area contributed by atoms with Crippen LogP contribution in [0, 0.1) is 0 Å². The van der Waals surface area contributed by atoms with Gasteiger partial charge in [-0.1, -0.05) is 0 Å². The van der Waals surface area contributed by atoms with E-state index in [2.05, 4.69) is 10.6 Å². The Hall–Kier alpha value is -1.83. The van der Waals surface area contributed by atoms with Crippen molar-refractivity contribution in [2.24, 2.45) is 5.73 Å². The molecule has 2 atom stereocenters. The Labute approximate surface area is 98.5 Å². The zero-order valence-electron chi connectivity index (χ0n) is 9.73. The molecule has 1 unspecified atom stereocenters. The van der Waals surface area contributed by atoms with Crippen LogP contribution < -0.4 is 16.4 Å². The number of carboxylic acid groups (broad SMARTS) is 1. The van der Waals surface area contributed by atoms with Crippen LogP contribution in [0.4, 0.5) is 4.79 Å². The maximum absolute atomic E-state index is 11.3. The molecule has 0 bridgehead atoms. The van der Waals surface area contributed by atoms with Gasteiger partial charge in [0.2, 0.25) is 5.91 Å². The number of carboxylic acids is 1. The van der Waals surface area contributed by atoms with Gasteiger partial charge in [-0.2, -0.15) is 0 Å². The van der Waals surface area contributed by atoms with E-state index < -0.39 is 30.4 Å². The van der Waals surface area contributed by atoms with E-state index in [4.69, 9.17) is 15.6 Å². The summed E-state index contributed by atoms with van der Waals surface area (Å²) >= 11 is 0. The summed E-state index contributed by atoms with van der Waals surface area (Å²) in [5.41, 5.74) is 4.86. The maximum atomic E-state index is 11.3. The predicted octanol–water partition coefficient (Wildman–Crippen LogP) is -1.35. The topological polar surface area (TPSA) is 131 Å². The van der Waals surface area contributed by atoms with Gasteiger partial charge in [0.05, 0.1) is 19.1 Å². The number of nitrogens with two attached hydrogens (primary N) is 1. The molecule has 0 heterocycles.